The van der Waals surface area contributed by atoms with E-state index >= 15 is 0 Å². The number of ether oxygens (including phenoxy) is 1. The Morgan fingerprint density at radius 1 is 1.04 bits per heavy atom. The summed E-state index contributed by atoms with van der Waals surface area (Å²) in [5.41, 5.74) is 3.09. The van der Waals surface area contributed by atoms with Crippen LogP contribution in [0.2, 0.25) is 0 Å². The topological polar surface area (TPSA) is 84.5 Å². The van der Waals surface area contributed by atoms with E-state index in [2.05, 4.69) is 10.0 Å². The summed E-state index contributed by atoms with van der Waals surface area (Å²) >= 11 is 0. The van der Waals surface area contributed by atoms with Crippen LogP contribution in [0.3, 0.4) is 0 Å². The van der Waals surface area contributed by atoms with E-state index in [1.54, 1.807) is 0 Å². The van der Waals surface area contributed by atoms with Gasteiger partial charge in [0.2, 0.25) is 10.0 Å². The molecule has 2 aromatic carbocycles. The van der Waals surface area contributed by atoms with Gasteiger partial charge in [-0.05, 0) is 49.2 Å². The predicted molar refractivity (Wildman–Crippen MR) is 97.4 cm³/mol. The summed E-state index contributed by atoms with van der Waals surface area (Å²) in [4.78, 5) is 12.5. The molecular weight excluding hydrogens is 340 g/mol. The zero-order chi connectivity index (χ0) is 18.4. The molecule has 0 fully saturated rings. The van der Waals surface area contributed by atoms with Crippen LogP contribution in [0.15, 0.2) is 47.4 Å². The van der Waals surface area contributed by atoms with Crippen LogP contribution in [0.25, 0.3) is 0 Å². The number of methoxy groups -OCH3 is 1. The van der Waals surface area contributed by atoms with Gasteiger partial charge in [-0.15, -0.1) is 0 Å². The van der Waals surface area contributed by atoms with Gasteiger partial charge in [0.15, 0.2) is 0 Å². The molecule has 0 atom stereocenters. The lowest BCUT2D eigenvalue weighted by molar-refractivity contribution is 0.102. The lowest BCUT2D eigenvalue weighted by Crippen LogP contribution is -2.27. The van der Waals surface area contributed by atoms with Crippen molar-refractivity contribution in [2.45, 2.75) is 18.7 Å². The third-order valence-corrected chi connectivity index (χ3v) is 5.22. The van der Waals surface area contributed by atoms with Gasteiger partial charge in [0.05, 0.1) is 11.5 Å². The number of rotatable bonds is 7. The van der Waals surface area contributed by atoms with Crippen molar-refractivity contribution in [3.63, 3.8) is 0 Å². The molecule has 1 amide bonds. The molecule has 0 saturated carbocycles. The van der Waals surface area contributed by atoms with Gasteiger partial charge in [-0.3, -0.25) is 4.79 Å². The van der Waals surface area contributed by atoms with E-state index in [4.69, 9.17) is 4.74 Å². The predicted octanol–water partition coefficient (Wildman–Crippen LogP) is 2.48. The molecule has 0 aliphatic rings. The Hall–Kier alpha value is -2.22. The van der Waals surface area contributed by atoms with Gasteiger partial charge in [0.25, 0.3) is 5.91 Å². The number of aryl methyl sites for hydroxylation is 2. The number of hydrogen-bond acceptors (Lipinski definition) is 4. The second-order valence-corrected chi connectivity index (χ2v) is 7.40. The molecule has 0 aromatic heterocycles. The molecule has 7 heteroatoms. The first-order chi connectivity index (χ1) is 11.8. The summed E-state index contributed by atoms with van der Waals surface area (Å²) in [6, 6.07) is 11.6. The fourth-order valence-corrected chi connectivity index (χ4v) is 3.36. The van der Waals surface area contributed by atoms with Crippen LogP contribution >= 0.6 is 0 Å². The molecule has 0 aliphatic heterocycles. The molecule has 0 aliphatic carbocycles. The molecule has 0 heterocycles. The van der Waals surface area contributed by atoms with Gasteiger partial charge in [0, 0.05) is 24.9 Å². The lowest BCUT2D eigenvalue weighted by Gasteiger charge is -2.12. The first kappa shape index (κ1) is 19.1. The zero-order valence-corrected chi connectivity index (χ0v) is 15.3. The summed E-state index contributed by atoms with van der Waals surface area (Å²) in [6.45, 7) is 4.32. The molecule has 0 radical (unpaired) electrons. The Bertz CT molecular complexity index is 826. The van der Waals surface area contributed by atoms with E-state index < -0.39 is 10.0 Å². The SMILES string of the molecule is COCCNS(=O)(=O)c1ccc(C(=O)Nc2c(C)cccc2C)cc1. The molecule has 2 aromatic rings. The van der Waals surface area contributed by atoms with Gasteiger partial charge < -0.3 is 10.1 Å². The number of carbonyl (C=O) groups is 1. The molecular formula is C18H22N2O4S. The number of anilines is 1. The molecule has 0 spiro atoms. The van der Waals surface area contributed by atoms with Crippen molar-refractivity contribution in [2.75, 3.05) is 25.6 Å². The van der Waals surface area contributed by atoms with E-state index in [1.165, 1.54) is 31.4 Å². The van der Waals surface area contributed by atoms with Gasteiger partial charge in [-0.1, -0.05) is 18.2 Å². The monoisotopic (exact) mass is 362 g/mol. The van der Waals surface area contributed by atoms with Crippen LogP contribution in [0.5, 0.6) is 0 Å². The first-order valence-electron chi connectivity index (χ1n) is 7.81. The van der Waals surface area contributed by atoms with Crippen molar-refractivity contribution >= 4 is 21.6 Å². The number of nitrogens with one attached hydrogen (secondary N) is 2. The van der Waals surface area contributed by atoms with Crippen LogP contribution in [0.1, 0.15) is 21.5 Å². The Morgan fingerprint density at radius 3 is 2.20 bits per heavy atom. The Morgan fingerprint density at radius 2 is 1.64 bits per heavy atom. The highest BCUT2D eigenvalue weighted by Crippen LogP contribution is 2.20. The Kier molecular flexibility index (Phi) is 6.30. The maximum absolute atomic E-state index is 12.4. The van der Waals surface area contributed by atoms with Gasteiger partial charge in [0.1, 0.15) is 0 Å². The van der Waals surface area contributed by atoms with Crippen LogP contribution in [-0.2, 0) is 14.8 Å². The average Bonchev–Trinajstić information content (AvgIpc) is 2.58. The summed E-state index contributed by atoms with van der Waals surface area (Å²) < 4.78 is 31.4. The van der Waals surface area contributed by atoms with Gasteiger partial charge >= 0.3 is 0 Å². The van der Waals surface area contributed by atoms with Crippen molar-refractivity contribution in [1.29, 1.82) is 0 Å². The molecule has 25 heavy (non-hydrogen) atoms. The standard InChI is InChI=1S/C18H22N2O4S/c1-13-5-4-6-14(2)17(13)20-18(21)15-7-9-16(10-8-15)25(22,23)19-11-12-24-3/h4-10,19H,11-12H2,1-3H3,(H,20,21). The third-order valence-electron chi connectivity index (χ3n) is 3.74. The highest BCUT2D eigenvalue weighted by molar-refractivity contribution is 7.89. The molecule has 0 unspecified atom stereocenters. The quantitative estimate of drug-likeness (QED) is 0.741. The van der Waals surface area contributed by atoms with Crippen LogP contribution in [-0.4, -0.2) is 34.6 Å². The third kappa shape index (κ3) is 4.88. The summed E-state index contributed by atoms with van der Waals surface area (Å²) in [5.74, 6) is -0.284. The Balaban J connectivity index is 2.13. The molecule has 2 N–H and O–H groups in total. The number of sulfonamides is 1. The molecule has 134 valence electrons. The van der Waals surface area contributed by atoms with E-state index in [0.29, 0.717) is 5.56 Å². The minimum atomic E-state index is -3.61. The second kappa shape index (κ2) is 8.24. The second-order valence-electron chi connectivity index (χ2n) is 5.64. The number of para-hydroxylation sites is 1. The zero-order valence-electron chi connectivity index (χ0n) is 14.5. The maximum atomic E-state index is 12.4. The fourth-order valence-electron chi connectivity index (χ4n) is 2.34. The van der Waals surface area contributed by atoms with Crippen molar-refractivity contribution in [3.8, 4) is 0 Å². The minimum absolute atomic E-state index is 0.104. The van der Waals surface area contributed by atoms with Gasteiger partial charge in [-0.2, -0.15) is 0 Å². The molecule has 0 saturated heterocycles. The average molecular weight is 362 g/mol. The van der Waals surface area contributed by atoms with Gasteiger partial charge in [-0.25, -0.2) is 13.1 Å². The Labute approximate surface area is 148 Å². The lowest BCUT2D eigenvalue weighted by atomic mass is 10.1. The number of amides is 1. The van der Waals surface area contributed by atoms with Crippen LogP contribution < -0.4 is 10.0 Å². The number of hydrogen-bond donors (Lipinski definition) is 2. The van der Waals surface area contributed by atoms with E-state index in [9.17, 15) is 13.2 Å². The normalized spacial score (nSPS) is 11.3. The highest BCUT2D eigenvalue weighted by Gasteiger charge is 2.15. The first-order valence-corrected chi connectivity index (χ1v) is 9.29. The van der Waals surface area contributed by atoms with E-state index in [1.807, 2.05) is 32.0 Å². The molecule has 0 bridgehead atoms. The van der Waals surface area contributed by atoms with Crippen LogP contribution in [0, 0.1) is 13.8 Å². The maximum Gasteiger partial charge on any atom is 0.255 e. The van der Waals surface area contributed by atoms with Crippen molar-refractivity contribution in [1.82, 2.24) is 4.72 Å². The smallest absolute Gasteiger partial charge is 0.255 e. The number of benzene rings is 2. The number of carbonyl (C=O) groups excluding carboxylic acids is 1. The van der Waals surface area contributed by atoms with E-state index in [-0.39, 0.29) is 24.0 Å². The van der Waals surface area contributed by atoms with Crippen LogP contribution in [0.4, 0.5) is 5.69 Å². The minimum Gasteiger partial charge on any atom is -0.383 e. The molecule has 2 rings (SSSR count). The summed E-state index contributed by atoms with van der Waals surface area (Å²) in [6.07, 6.45) is 0. The summed E-state index contributed by atoms with van der Waals surface area (Å²) in [7, 11) is -2.11. The molecule has 6 nitrogen and oxygen atoms in total. The van der Waals surface area contributed by atoms with Crippen molar-refractivity contribution < 1.29 is 17.9 Å². The fraction of sp³-hybridized carbons (Fsp3) is 0.278. The van der Waals surface area contributed by atoms with E-state index in [0.717, 1.165) is 16.8 Å². The highest BCUT2D eigenvalue weighted by atomic mass is 32.2. The largest absolute Gasteiger partial charge is 0.383 e. The van der Waals surface area contributed by atoms with Crippen molar-refractivity contribution in [3.05, 3.63) is 59.2 Å². The summed E-state index contributed by atoms with van der Waals surface area (Å²) in [5, 5.41) is 2.87. The van der Waals surface area contributed by atoms with Crippen molar-refractivity contribution in [2.24, 2.45) is 0 Å².